The maximum atomic E-state index is 13.6. The van der Waals surface area contributed by atoms with Crippen LogP contribution < -0.4 is 80.0 Å². The van der Waals surface area contributed by atoms with Gasteiger partial charge in [-0.2, -0.15) is 43.9 Å². The van der Waals surface area contributed by atoms with Crippen molar-refractivity contribution in [2.45, 2.75) is 55.5 Å². The molecule has 2 N–H and O–H groups in total. The fraction of sp³-hybridized carbons (Fsp3) is 0.692. The topological polar surface area (TPSA) is 138 Å². The van der Waals surface area contributed by atoms with Crippen LogP contribution in [0.1, 0.15) is 13.8 Å². The largest absolute Gasteiger partial charge is 1.00 e. The number of carboxylic acid groups (broad SMARTS) is 2. The molecule has 0 saturated carbocycles. The van der Waals surface area contributed by atoms with Crippen molar-refractivity contribution in [3.05, 3.63) is 0 Å². The number of hydrogen-bond donors (Lipinski definition) is 2. The summed E-state index contributed by atoms with van der Waals surface area (Å²) in [6.45, 7) is 0.621. The Labute approximate surface area is 221 Å². The van der Waals surface area contributed by atoms with Crippen LogP contribution in [0.4, 0.5) is 43.9 Å². The molecule has 0 saturated heterocycles. The maximum absolute atomic E-state index is 13.6. The van der Waals surface area contributed by atoms with E-state index in [0.717, 1.165) is 0 Å². The van der Waals surface area contributed by atoms with Crippen LogP contribution in [-0.2, 0) is 19.2 Å². The average molecular weight is 526 g/mol. The molecular weight excluding hydrogens is 516 g/mol. The first-order chi connectivity index (χ1) is 13.5. The van der Waals surface area contributed by atoms with Crippen molar-refractivity contribution in [2.24, 2.45) is 0 Å². The van der Waals surface area contributed by atoms with Gasteiger partial charge < -0.3 is 30.4 Å². The molecule has 20 heteroatoms. The van der Waals surface area contributed by atoms with Gasteiger partial charge in [-0.3, -0.25) is 9.59 Å². The normalized spacial score (nSPS) is 14.7. The number of amides is 2. The third-order valence-electron chi connectivity index (χ3n) is 3.55. The summed E-state index contributed by atoms with van der Waals surface area (Å²) in [5.41, 5.74) is 0. The number of halogens is 10. The zero-order valence-corrected chi connectivity index (χ0v) is 20.9. The van der Waals surface area contributed by atoms with E-state index in [9.17, 15) is 73.3 Å². The van der Waals surface area contributed by atoms with Crippen molar-refractivity contribution in [3.63, 3.8) is 0 Å². The fourth-order valence-electron chi connectivity index (χ4n) is 1.57. The third-order valence-corrected chi connectivity index (χ3v) is 3.55. The molecule has 2 unspecified atom stereocenters. The van der Waals surface area contributed by atoms with Crippen LogP contribution in [0.3, 0.4) is 0 Å². The van der Waals surface area contributed by atoms with Crippen molar-refractivity contribution in [3.8, 4) is 0 Å². The minimum atomic E-state index is -7.84. The molecule has 0 spiro atoms. The van der Waals surface area contributed by atoms with Gasteiger partial charge in [-0.1, -0.05) is 0 Å². The monoisotopic (exact) mass is 526 g/mol. The molecule has 2 atom stereocenters. The van der Waals surface area contributed by atoms with Gasteiger partial charge in [0.1, 0.15) is 0 Å². The average Bonchev–Trinajstić information content (AvgIpc) is 2.60. The number of carboxylic acids is 2. The van der Waals surface area contributed by atoms with Gasteiger partial charge in [0.25, 0.3) is 11.8 Å². The van der Waals surface area contributed by atoms with Gasteiger partial charge in [0, 0.05) is 0 Å². The van der Waals surface area contributed by atoms with Crippen molar-refractivity contribution in [2.75, 3.05) is 0 Å². The van der Waals surface area contributed by atoms with E-state index in [1.807, 2.05) is 0 Å². The second kappa shape index (κ2) is 11.7. The van der Waals surface area contributed by atoms with E-state index in [2.05, 4.69) is 0 Å². The Bertz CT molecular complexity index is 708. The van der Waals surface area contributed by atoms with Crippen molar-refractivity contribution >= 4 is 23.8 Å². The summed E-state index contributed by atoms with van der Waals surface area (Å²) in [6, 6.07) is -5.08. The predicted molar refractivity (Wildman–Crippen MR) is 70.0 cm³/mol. The van der Waals surface area contributed by atoms with Crippen LogP contribution in [0.15, 0.2) is 0 Å². The number of nitrogens with one attached hydrogen (secondary N) is 2. The number of alkyl halides is 10. The second-order valence-electron chi connectivity index (χ2n) is 5.90. The Hall–Kier alpha value is -0.820. The van der Waals surface area contributed by atoms with Crippen molar-refractivity contribution in [1.82, 2.24) is 10.6 Å². The standard InChI is InChI=1S/C13H12F10N2O6.2Na/c1-3(5(26)27)24-7(30)9(14,15)11(18,19)13(22,23)12(20,21)10(16,17)8(31)25-4(2)6(28)29;;/h3-4H,1-2H3,(H,24,30)(H,25,31)(H,26,27)(H,28,29);;/q;2*+1/p-2. The molecule has 0 radical (unpaired) electrons. The number of hydrogen-bond acceptors (Lipinski definition) is 6. The van der Waals surface area contributed by atoms with Gasteiger partial charge in [-0.25, -0.2) is 0 Å². The first-order valence-corrected chi connectivity index (χ1v) is 7.42. The summed E-state index contributed by atoms with van der Waals surface area (Å²) in [7, 11) is 0. The van der Waals surface area contributed by atoms with E-state index in [-0.39, 0.29) is 59.1 Å². The zero-order valence-electron chi connectivity index (χ0n) is 16.9. The summed E-state index contributed by atoms with van der Waals surface area (Å²) in [4.78, 5) is 42.7. The molecule has 8 nitrogen and oxygen atoms in total. The molecular formula is C13H10F10N2Na2O6. The summed E-state index contributed by atoms with van der Waals surface area (Å²) in [5, 5.41) is 21.6. The van der Waals surface area contributed by atoms with E-state index in [4.69, 9.17) is 0 Å². The van der Waals surface area contributed by atoms with Crippen LogP contribution in [0.25, 0.3) is 0 Å². The maximum Gasteiger partial charge on any atom is 1.00 e. The Balaban J connectivity index is -0.00000450. The third kappa shape index (κ3) is 6.65. The quantitative estimate of drug-likeness (QED) is 0.215. The van der Waals surface area contributed by atoms with Crippen LogP contribution in [-0.4, -0.2) is 65.4 Å². The second-order valence-corrected chi connectivity index (χ2v) is 5.90. The Kier molecular flexibility index (Phi) is 13.1. The smallest absolute Gasteiger partial charge is 0.548 e. The summed E-state index contributed by atoms with van der Waals surface area (Å²) < 4.78 is 136. The molecule has 0 bridgehead atoms. The molecule has 0 rings (SSSR count). The summed E-state index contributed by atoms with van der Waals surface area (Å²) in [6.07, 6.45) is 0. The molecule has 0 aliphatic carbocycles. The Morgan fingerprint density at radius 3 is 0.970 bits per heavy atom. The first-order valence-electron chi connectivity index (χ1n) is 7.42. The molecule has 0 heterocycles. The minimum Gasteiger partial charge on any atom is -0.548 e. The van der Waals surface area contributed by atoms with E-state index in [1.165, 1.54) is 0 Å². The molecule has 0 aliphatic rings. The summed E-state index contributed by atoms with van der Waals surface area (Å²) >= 11 is 0. The van der Waals surface area contributed by atoms with Gasteiger partial charge in [-0.15, -0.1) is 0 Å². The van der Waals surface area contributed by atoms with Crippen molar-refractivity contribution < 1.29 is 132 Å². The first kappa shape index (κ1) is 36.7. The zero-order chi connectivity index (χ0) is 25.4. The van der Waals surface area contributed by atoms with Crippen LogP contribution in [0.2, 0.25) is 0 Å². The van der Waals surface area contributed by atoms with Gasteiger partial charge in [0.05, 0.1) is 24.0 Å². The van der Waals surface area contributed by atoms with E-state index in [1.54, 1.807) is 0 Å². The number of carbonyl (C=O) groups is 4. The van der Waals surface area contributed by atoms with Gasteiger partial charge in [0.2, 0.25) is 0 Å². The Morgan fingerprint density at radius 1 is 0.576 bits per heavy atom. The van der Waals surface area contributed by atoms with Crippen LogP contribution >= 0.6 is 0 Å². The van der Waals surface area contributed by atoms with E-state index in [0.29, 0.717) is 24.5 Å². The van der Waals surface area contributed by atoms with Gasteiger partial charge in [0.15, 0.2) is 0 Å². The van der Waals surface area contributed by atoms with Crippen molar-refractivity contribution in [1.29, 1.82) is 0 Å². The van der Waals surface area contributed by atoms with Gasteiger partial charge >= 0.3 is 88.7 Å². The number of carbonyl (C=O) groups excluding carboxylic acids is 4. The van der Waals surface area contributed by atoms with E-state index < -0.39 is 65.4 Å². The van der Waals surface area contributed by atoms with E-state index >= 15 is 0 Å². The molecule has 180 valence electrons. The minimum absolute atomic E-state index is 0. The van der Waals surface area contributed by atoms with Crippen LogP contribution in [0, 0.1) is 0 Å². The number of aliphatic carboxylic acids is 2. The Morgan fingerprint density at radius 2 is 0.788 bits per heavy atom. The molecule has 0 aromatic carbocycles. The summed E-state index contributed by atoms with van der Waals surface area (Å²) in [5.74, 6) is -48.9. The molecule has 0 aromatic rings. The molecule has 33 heavy (non-hydrogen) atoms. The molecule has 0 aliphatic heterocycles. The van der Waals surface area contributed by atoms with Crippen LogP contribution in [0.5, 0.6) is 0 Å². The predicted octanol–water partition coefficient (Wildman–Crippen LogP) is -7.32. The fourth-order valence-corrected chi connectivity index (χ4v) is 1.57. The SMILES string of the molecule is CC(NC(=O)C(F)(F)C(F)(F)C(F)(F)C(F)(F)C(F)(F)C(=O)NC(C)C(=O)[O-])C(=O)[O-].[Na+].[Na+]. The molecule has 0 aromatic heterocycles. The number of rotatable bonds is 10. The molecule has 2 amide bonds. The van der Waals surface area contributed by atoms with Gasteiger partial charge in [-0.05, 0) is 13.8 Å². The molecule has 0 fully saturated rings.